The van der Waals surface area contributed by atoms with Crippen molar-refractivity contribution in [2.45, 2.75) is 42.9 Å². The minimum absolute atomic E-state index is 0.0552. The standard InChI is InChI=1S/C20H21N3O4S2/c1-3-27-20(26)14-10-28-18(22-14)15-5-4-8-23(15)19(25)12-6-7-16-13(9-12)21-17(24)11(2)29-16/h6-7,9-11,15H,3-5,8H2,1-2H3,(H,21,24)/t11-,15+/m1/s1. The van der Waals surface area contributed by atoms with Gasteiger partial charge in [-0.3, -0.25) is 9.59 Å². The summed E-state index contributed by atoms with van der Waals surface area (Å²) in [6.07, 6.45) is 1.68. The Morgan fingerprint density at radius 1 is 1.38 bits per heavy atom. The number of aromatic nitrogens is 1. The first-order valence-electron chi connectivity index (χ1n) is 9.53. The normalized spacial score (nSPS) is 20.9. The number of thiazole rings is 1. The molecule has 2 aliphatic heterocycles. The van der Waals surface area contributed by atoms with Crippen LogP contribution in [-0.2, 0) is 9.53 Å². The lowest BCUT2D eigenvalue weighted by molar-refractivity contribution is -0.115. The topological polar surface area (TPSA) is 88.6 Å². The molecule has 0 spiro atoms. The van der Waals surface area contributed by atoms with E-state index in [9.17, 15) is 14.4 Å². The van der Waals surface area contributed by atoms with Gasteiger partial charge in [0.05, 0.1) is 23.6 Å². The third-order valence-electron chi connectivity index (χ3n) is 4.96. The molecule has 152 valence electrons. The van der Waals surface area contributed by atoms with Crippen LogP contribution in [0.1, 0.15) is 58.6 Å². The Bertz CT molecular complexity index is 974. The van der Waals surface area contributed by atoms with Crippen molar-refractivity contribution in [2.75, 3.05) is 18.5 Å². The maximum atomic E-state index is 13.2. The molecule has 1 saturated heterocycles. The summed E-state index contributed by atoms with van der Waals surface area (Å²) in [6, 6.07) is 5.28. The number of fused-ring (bicyclic) bond motifs is 1. The van der Waals surface area contributed by atoms with Gasteiger partial charge < -0.3 is 15.0 Å². The predicted molar refractivity (Wildman–Crippen MR) is 111 cm³/mol. The molecule has 0 unspecified atom stereocenters. The second kappa shape index (κ2) is 8.16. The van der Waals surface area contributed by atoms with Gasteiger partial charge >= 0.3 is 5.97 Å². The van der Waals surface area contributed by atoms with Crippen LogP contribution >= 0.6 is 23.1 Å². The second-order valence-corrected chi connectivity index (χ2v) is 9.18. The number of esters is 1. The molecule has 9 heteroatoms. The van der Waals surface area contributed by atoms with Crippen LogP contribution < -0.4 is 5.32 Å². The average Bonchev–Trinajstić information content (AvgIpc) is 3.37. The largest absolute Gasteiger partial charge is 0.461 e. The SMILES string of the molecule is CCOC(=O)c1csc([C@@H]2CCCN2C(=O)c2ccc3c(c2)NC(=O)[C@@H](C)S3)n1. The number of likely N-dealkylation sites (tertiary alicyclic amines) is 1. The molecule has 1 fully saturated rings. The first kappa shape index (κ1) is 19.9. The zero-order valence-corrected chi connectivity index (χ0v) is 17.8. The molecule has 1 N–H and O–H groups in total. The lowest BCUT2D eigenvalue weighted by atomic mass is 10.1. The lowest BCUT2D eigenvalue weighted by Crippen LogP contribution is -2.31. The highest BCUT2D eigenvalue weighted by Gasteiger charge is 2.34. The third kappa shape index (κ3) is 3.89. The fourth-order valence-corrected chi connectivity index (χ4v) is 5.38. The van der Waals surface area contributed by atoms with Crippen LogP contribution in [0, 0.1) is 0 Å². The molecule has 0 saturated carbocycles. The number of rotatable bonds is 4. The summed E-state index contributed by atoms with van der Waals surface area (Å²) in [5.74, 6) is -0.593. The van der Waals surface area contributed by atoms with Gasteiger partial charge in [0.25, 0.3) is 5.91 Å². The van der Waals surface area contributed by atoms with E-state index >= 15 is 0 Å². The molecule has 0 radical (unpaired) electrons. The molecule has 7 nitrogen and oxygen atoms in total. The van der Waals surface area contributed by atoms with E-state index in [0.29, 0.717) is 24.4 Å². The Balaban J connectivity index is 1.55. The molecule has 0 aliphatic carbocycles. The second-order valence-electron chi connectivity index (χ2n) is 6.91. The van der Waals surface area contributed by atoms with Crippen molar-refractivity contribution < 1.29 is 19.1 Å². The molecule has 0 bridgehead atoms. The van der Waals surface area contributed by atoms with E-state index in [0.717, 1.165) is 22.7 Å². The molecule has 1 aromatic heterocycles. The van der Waals surface area contributed by atoms with Crippen molar-refractivity contribution in [3.63, 3.8) is 0 Å². The van der Waals surface area contributed by atoms with Crippen molar-refractivity contribution in [1.82, 2.24) is 9.88 Å². The maximum Gasteiger partial charge on any atom is 0.357 e. The summed E-state index contributed by atoms with van der Waals surface area (Å²) in [6.45, 7) is 4.54. The number of thioether (sulfide) groups is 1. The Kier molecular flexibility index (Phi) is 5.60. The van der Waals surface area contributed by atoms with E-state index < -0.39 is 5.97 Å². The van der Waals surface area contributed by atoms with Gasteiger partial charge in [0.1, 0.15) is 5.01 Å². The number of anilines is 1. The van der Waals surface area contributed by atoms with Crippen molar-refractivity contribution in [1.29, 1.82) is 0 Å². The van der Waals surface area contributed by atoms with Crippen molar-refractivity contribution in [3.8, 4) is 0 Å². The molecule has 2 amide bonds. The summed E-state index contributed by atoms with van der Waals surface area (Å²) in [5.41, 5.74) is 1.50. The molecule has 1 aromatic carbocycles. The molecular weight excluding hydrogens is 410 g/mol. The van der Waals surface area contributed by atoms with E-state index in [1.807, 2.05) is 13.0 Å². The smallest absolute Gasteiger partial charge is 0.357 e. The first-order chi connectivity index (χ1) is 14.0. The van der Waals surface area contributed by atoms with Crippen LogP contribution in [0.2, 0.25) is 0 Å². The van der Waals surface area contributed by atoms with Gasteiger partial charge in [-0.1, -0.05) is 0 Å². The van der Waals surface area contributed by atoms with Gasteiger partial charge in [0, 0.05) is 22.4 Å². The number of amides is 2. The lowest BCUT2D eigenvalue weighted by Gasteiger charge is -2.25. The molecule has 4 rings (SSSR count). The van der Waals surface area contributed by atoms with Gasteiger partial charge in [-0.25, -0.2) is 9.78 Å². The van der Waals surface area contributed by atoms with Crippen molar-refractivity contribution >= 4 is 46.6 Å². The summed E-state index contributed by atoms with van der Waals surface area (Å²) in [4.78, 5) is 44.2. The summed E-state index contributed by atoms with van der Waals surface area (Å²) >= 11 is 2.86. The highest BCUT2D eigenvalue weighted by Crippen LogP contribution is 2.38. The summed E-state index contributed by atoms with van der Waals surface area (Å²) < 4.78 is 5.00. The molecule has 2 aliphatic rings. The predicted octanol–water partition coefficient (Wildman–Crippen LogP) is 3.73. The molecule has 29 heavy (non-hydrogen) atoms. The highest BCUT2D eigenvalue weighted by molar-refractivity contribution is 8.00. The Morgan fingerprint density at radius 2 is 2.21 bits per heavy atom. The number of nitrogens with one attached hydrogen (secondary N) is 1. The van der Waals surface area contributed by atoms with Gasteiger partial charge in [0.2, 0.25) is 5.91 Å². The van der Waals surface area contributed by atoms with Gasteiger partial charge in [0.15, 0.2) is 5.69 Å². The van der Waals surface area contributed by atoms with E-state index in [4.69, 9.17) is 4.74 Å². The monoisotopic (exact) mass is 431 g/mol. The van der Waals surface area contributed by atoms with Crippen LogP contribution in [0.4, 0.5) is 5.69 Å². The quantitative estimate of drug-likeness (QED) is 0.742. The van der Waals surface area contributed by atoms with E-state index in [-0.39, 0.29) is 28.8 Å². The van der Waals surface area contributed by atoms with Crippen LogP contribution in [-0.4, -0.2) is 46.1 Å². The molecule has 2 aromatic rings. The van der Waals surface area contributed by atoms with Crippen LogP contribution in [0.25, 0.3) is 0 Å². The first-order valence-corrected chi connectivity index (χ1v) is 11.3. The van der Waals surface area contributed by atoms with E-state index in [2.05, 4.69) is 10.3 Å². The molecular formula is C20H21N3O4S2. The van der Waals surface area contributed by atoms with Crippen molar-refractivity contribution in [3.05, 3.63) is 39.8 Å². The van der Waals surface area contributed by atoms with Crippen LogP contribution in [0.3, 0.4) is 0 Å². The zero-order valence-electron chi connectivity index (χ0n) is 16.1. The minimum atomic E-state index is -0.442. The minimum Gasteiger partial charge on any atom is -0.461 e. The number of hydrogen-bond donors (Lipinski definition) is 1. The Labute approximate surface area is 176 Å². The number of hydrogen-bond acceptors (Lipinski definition) is 7. The van der Waals surface area contributed by atoms with Crippen LogP contribution in [0.15, 0.2) is 28.5 Å². The van der Waals surface area contributed by atoms with Gasteiger partial charge in [-0.2, -0.15) is 0 Å². The third-order valence-corrected chi connectivity index (χ3v) is 7.09. The van der Waals surface area contributed by atoms with Crippen LogP contribution in [0.5, 0.6) is 0 Å². The number of carbonyl (C=O) groups is 3. The summed E-state index contributed by atoms with van der Waals surface area (Å²) in [7, 11) is 0. The fourth-order valence-electron chi connectivity index (χ4n) is 3.51. The van der Waals surface area contributed by atoms with E-state index in [1.165, 1.54) is 23.1 Å². The Hall–Kier alpha value is -2.39. The number of ether oxygens (including phenoxy) is 1. The van der Waals surface area contributed by atoms with Gasteiger partial charge in [-0.05, 0) is 44.9 Å². The maximum absolute atomic E-state index is 13.2. The fraction of sp³-hybridized carbons (Fsp3) is 0.400. The number of nitrogens with zero attached hydrogens (tertiary/aromatic N) is 2. The molecule has 2 atom stereocenters. The highest BCUT2D eigenvalue weighted by atomic mass is 32.2. The van der Waals surface area contributed by atoms with Gasteiger partial charge in [-0.15, -0.1) is 23.1 Å². The number of carbonyl (C=O) groups excluding carboxylic acids is 3. The van der Waals surface area contributed by atoms with Crippen molar-refractivity contribution in [2.24, 2.45) is 0 Å². The molecule has 3 heterocycles. The van der Waals surface area contributed by atoms with E-state index in [1.54, 1.807) is 29.3 Å². The Morgan fingerprint density at radius 3 is 3.00 bits per heavy atom. The zero-order chi connectivity index (χ0) is 20.5. The summed E-state index contributed by atoms with van der Waals surface area (Å²) in [5, 5.41) is 5.15. The number of benzene rings is 1. The average molecular weight is 432 g/mol.